The predicted molar refractivity (Wildman–Crippen MR) is 145 cm³/mol. The van der Waals surface area contributed by atoms with Crippen molar-refractivity contribution in [2.75, 3.05) is 23.1 Å². The van der Waals surface area contributed by atoms with Gasteiger partial charge < -0.3 is 15.4 Å². The van der Waals surface area contributed by atoms with Gasteiger partial charge in [0.1, 0.15) is 5.76 Å². The number of nitrogens with one attached hydrogen (secondary N) is 3. The van der Waals surface area contributed by atoms with E-state index < -0.39 is 51.5 Å². The molecule has 39 heavy (non-hydrogen) atoms. The molecule has 0 spiro atoms. The van der Waals surface area contributed by atoms with E-state index in [-0.39, 0.29) is 11.8 Å². The first kappa shape index (κ1) is 30.8. The maximum Gasteiger partial charge on any atom is 0.330 e. The number of aromatic nitrogens is 2. The lowest BCUT2D eigenvalue weighted by Crippen LogP contribution is -2.38. The van der Waals surface area contributed by atoms with Crippen LogP contribution >= 0.6 is 11.8 Å². The molecule has 1 aromatic carbocycles. The van der Waals surface area contributed by atoms with E-state index in [1.807, 2.05) is 6.92 Å². The second-order valence-electron chi connectivity index (χ2n) is 8.89. The van der Waals surface area contributed by atoms with Crippen molar-refractivity contribution in [2.45, 2.75) is 51.8 Å². The van der Waals surface area contributed by atoms with Crippen LogP contribution in [0.1, 0.15) is 45.7 Å². The minimum absolute atomic E-state index is 0.101. The van der Waals surface area contributed by atoms with E-state index in [1.165, 1.54) is 0 Å². The Morgan fingerprint density at radius 1 is 1.33 bits per heavy atom. The number of nitrogens with zero attached hydrogens (tertiary/aromatic N) is 2. The van der Waals surface area contributed by atoms with E-state index in [4.69, 9.17) is 4.74 Å². The van der Waals surface area contributed by atoms with E-state index in [0.717, 1.165) is 37.7 Å². The second kappa shape index (κ2) is 14.1. The van der Waals surface area contributed by atoms with Crippen molar-refractivity contribution in [3.05, 3.63) is 58.7 Å². The average molecular weight is 592 g/mol. The fraction of sp³-hybridized carbons (Fsp3) is 0.440. The summed E-state index contributed by atoms with van der Waals surface area (Å²) in [5, 5.41) is 6.58. The molecule has 1 fully saturated rings. The number of allylic oxidation sites excluding steroid dienone is 2. The maximum absolute atomic E-state index is 15.0. The van der Waals surface area contributed by atoms with Crippen LogP contribution in [0.25, 0.3) is 4.91 Å². The third kappa shape index (κ3) is 8.15. The molecule has 1 aromatic heterocycles. The molecule has 2 heterocycles. The minimum Gasteiger partial charge on any atom is -0.454 e. The molecule has 1 saturated heterocycles. The Morgan fingerprint density at radius 2 is 2.08 bits per heavy atom. The zero-order valence-corrected chi connectivity index (χ0v) is 23.3. The zero-order valence-electron chi connectivity index (χ0n) is 21.6. The average Bonchev–Trinajstić information content (AvgIpc) is 2.90. The molecule has 0 radical (unpaired) electrons. The van der Waals surface area contributed by atoms with E-state index >= 15 is 4.39 Å². The molecule has 0 saturated carbocycles. The Labute approximate surface area is 230 Å². The largest absolute Gasteiger partial charge is 0.454 e. The number of halogens is 5. The molecule has 3 N–H and O–H groups in total. The summed E-state index contributed by atoms with van der Waals surface area (Å²) in [4.78, 5) is 9.91. The fourth-order valence-corrected chi connectivity index (χ4v) is 5.05. The van der Waals surface area contributed by atoms with Crippen molar-refractivity contribution in [1.29, 1.82) is 0 Å². The third-order valence-corrected chi connectivity index (χ3v) is 7.49. The van der Waals surface area contributed by atoms with Crippen LogP contribution in [0.15, 0.2) is 35.6 Å². The molecular weight excluding hydrogens is 561 g/mol. The molecule has 3 unspecified atom stereocenters. The molecule has 1 aliphatic heterocycles. The van der Waals surface area contributed by atoms with Gasteiger partial charge in [-0.25, -0.2) is 23.0 Å². The van der Waals surface area contributed by atoms with Crippen LogP contribution in [0.2, 0.25) is 0 Å². The third-order valence-electron chi connectivity index (χ3n) is 5.78. The van der Waals surface area contributed by atoms with Gasteiger partial charge in [-0.3, -0.25) is 4.72 Å². The molecular formula is C25H30F5N5O2S2. The first-order valence-electron chi connectivity index (χ1n) is 12.2. The molecule has 1 aliphatic rings. The minimum atomic E-state index is -3.39. The number of hydrogen-bond acceptors (Lipinski definition) is 7. The molecule has 214 valence electrons. The van der Waals surface area contributed by atoms with Gasteiger partial charge >= 0.3 is 5.76 Å². The Bertz CT molecular complexity index is 1240. The first-order valence-corrected chi connectivity index (χ1v) is 14.2. The summed E-state index contributed by atoms with van der Waals surface area (Å²) in [5.41, 5.74) is -0.628. The molecule has 2 aromatic rings. The van der Waals surface area contributed by atoms with Gasteiger partial charge in [-0.15, -0.1) is 0 Å². The van der Waals surface area contributed by atoms with Gasteiger partial charge in [0.15, 0.2) is 22.6 Å². The van der Waals surface area contributed by atoms with Crippen molar-refractivity contribution in [3.63, 3.8) is 0 Å². The zero-order chi connectivity index (χ0) is 28.7. The SMILES string of the molecule is C=C(C)S/C(=C(/Oc1c(F)cc(NS(=O)C(F)F)c(F)c1F)C(C)CC)c1ccnc(NC2CCCNC2)n1. The number of hydrogen-bond donors (Lipinski definition) is 3. The van der Waals surface area contributed by atoms with E-state index in [2.05, 4.69) is 27.2 Å². The predicted octanol–water partition coefficient (Wildman–Crippen LogP) is 6.42. The van der Waals surface area contributed by atoms with Crippen LogP contribution in [0, 0.1) is 23.4 Å². The monoisotopic (exact) mass is 591 g/mol. The highest BCUT2D eigenvalue weighted by molar-refractivity contribution is 8.11. The van der Waals surface area contributed by atoms with Crippen LogP contribution in [0.4, 0.5) is 33.6 Å². The van der Waals surface area contributed by atoms with Gasteiger partial charge in [0, 0.05) is 30.8 Å². The fourth-order valence-electron chi connectivity index (χ4n) is 3.68. The number of thioether (sulfide) groups is 1. The number of ether oxygens (including phenoxy) is 1. The van der Waals surface area contributed by atoms with Crippen molar-refractivity contribution < 1.29 is 30.9 Å². The Hall–Kier alpha value is -2.71. The van der Waals surface area contributed by atoms with Crippen LogP contribution in [-0.2, 0) is 11.0 Å². The lowest BCUT2D eigenvalue weighted by Gasteiger charge is -2.24. The van der Waals surface area contributed by atoms with Crippen molar-refractivity contribution in [2.24, 2.45) is 5.92 Å². The van der Waals surface area contributed by atoms with Crippen LogP contribution < -0.4 is 20.1 Å². The summed E-state index contributed by atoms with van der Waals surface area (Å²) in [7, 11) is -3.06. The summed E-state index contributed by atoms with van der Waals surface area (Å²) >= 11 is 1.16. The lowest BCUT2D eigenvalue weighted by atomic mass is 10.1. The maximum atomic E-state index is 15.0. The molecule has 3 atom stereocenters. The number of rotatable bonds is 12. The van der Waals surface area contributed by atoms with Crippen molar-refractivity contribution >= 4 is 39.3 Å². The number of piperidine rings is 1. The van der Waals surface area contributed by atoms with E-state index in [1.54, 1.807) is 30.8 Å². The molecule has 0 aliphatic carbocycles. The summed E-state index contributed by atoms with van der Waals surface area (Å²) in [6.07, 6.45) is 3.96. The molecule has 14 heteroatoms. The van der Waals surface area contributed by atoms with Gasteiger partial charge in [-0.05, 0) is 43.7 Å². The lowest BCUT2D eigenvalue weighted by molar-refractivity contribution is 0.244. The van der Waals surface area contributed by atoms with Gasteiger partial charge in [0.25, 0.3) is 0 Å². The van der Waals surface area contributed by atoms with Gasteiger partial charge in [-0.2, -0.15) is 13.2 Å². The highest BCUT2D eigenvalue weighted by Gasteiger charge is 2.27. The van der Waals surface area contributed by atoms with Crippen molar-refractivity contribution in [1.82, 2.24) is 15.3 Å². The summed E-state index contributed by atoms with van der Waals surface area (Å²) in [6, 6.07) is 2.15. The number of benzene rings is 1. The summed E-state index contributed by atoms with van der Waals surface area (Å²) in [6.45, 7) is 10.9. The van der Waals surface area contributed by atoms with E-state index in [9.17, 15) is 21.8 Å². The summed E-state index contributed by atoms with van der Waals surface area (Å²) in [5.74, 6) is -9.28. The standard InChI is InChI=1S/C25H30F5N5O2S2/c1-5-14(4)21(37-22-16(26)11-18(19(27)20(22)28)35-39(36)24(29)30)23(38-13(2)3)17-8-10-32-25(34-17)33-15-7-6-9-31-12-15/h8,10-11,14-15,24,31,35H,2,5-7,9,12H2,1,3-4H3,(H,32,33,34)/b23-21+. The highest BCUT2D eigenvalue weighted by atomic mass is 32.2. The quantitative estimate of drug-likeness (QED) is 0.149. The molecule has 0 amide bonds. The normalized spacial score (nSPS) is 17.8. The number of alkyl halides is 2. The molecule has 7 nitrogen and oxygen atoms in total. The van der Waals surface area contributed by atoms with Crippen LogP contribution in [-0.4, -0.2) is 39.1 Å². The Balaban J connectivity index is 2.06. The van der Waals surface area contributed by atoms with Gasteiger partial charge in [-0.1, -0.05) is 32.2 Å². The second-order valence-corrected chi connectivity index (χ2v) is 11.3. The van der Waals surface area contributed by atoms with Crippen LogP contribution in [0.3, 0.4) is 0 Å². The topological polar surface area (TPSA) is 88.2 Å². The number of anilines is 2. The van der Waals surface area contributed by atoms with E-state index in [0.29, 0.717) is 33.9 Å². The van der Waals surface area contributed by atoms with Crippen LogP contribution in [0.5, 0.6) is 5.75 Å². The Morgan fingerprint density at radius 3 is 2.69 bits per heavy atom. The van der Waals surface area contributed by atoms with Crippen molar-refractivity contribution in [3.8, 4) is 5.75 Å². The summed E-state index contributed by atoms with van der Waals surface area (Å²) < 4.78 is 88.5. The smallest absolute Gasteiger partial charge is 0.330 e. The van der Waals surface area contributed by atoms with Gasteiger partial charge in [0.2, 0.25) is 17.5 Å². The van der Waals surface area contributed by atoms with Gasteiger partial charge in [0.05, 0.1) is 16.3 Å². The molecule has 0 bridgehead atoms. The first-order chi connectivity index (χ1) is 18.5. The Kier molecular flexibility index (Phi) is 11.1. The highest BCUT2D eigenvalue weighted by Crippen LogP contribution is 2.41. The molecule has 3 rings (SSSR count).